The van der Waals surface area contributed by atoms with E-state index in [0.717, 1.165) is 6.07 Å². The molecule has 18 heavy (non-hydrogen) atoms. The normalized spacial score (nSPS) is 10.2. The van der Waals surface area contributed by atoms with Gasteiger partial charge in [-0.3, -0.25) is 0 Å². The minimum Gasteiger partial charge on any atom is -0.478 e. The van der Waals surface area contributed by atoms with Crippen LogP contribution in [0.5, 0.6) is 0 Å². The van der Waals surface area contributed by atoms with Gasteiger partial charge in [0.1, 0.15) is 0 Å². The molecule has 0 fully saturated rings. The summed E-state index contributed by atoms with van der Waals surface area (Å²) in [5.74, 6) is -3.75. The fourth-order valence-corrected chi connectivity index (χ4v) is 1.41. The molecule has 0 aliphatic carbocycles. The van der Waals surface area contributed by atoms with Crippen LogP contribution in [-0.2, 0) is 4.74 Å². The standard InChI is InChI=1S/C12H12O6/c1-6(2)18-12(17)8-5-3-4-7(10(13)14)9(8)11(15)16/h3-6H,1-2H3,(H,13,14)(H,15,16). The highest BCUT2D eigenvalue weighted by Crippen LogP contribution is 2.17. The number of hydrogen-bond donors (Lipinski definition) is 2. The zero-order valence-corrected chi connectivity index (χ0v) is 9.84. The minimum absolute atomic E-state index is 0.267. The van der Waals surface area contributed by atoms with Crippen LogP contribution >= 0.6 is 0 Å². The van der Waals surface area contributed by atoms with E-state index in [9.17, 15) is 14.4 Å². The third kappa shape index (κ3) is 2.85. The molecule has 0 bridgehead atoms. The molecular weight excluding hydrogens is 240 g/mol. The molecule has 0 aliphatic heterocycles. The Kier molecular flexibility index (Phi) is 4.04. The van der Waals surface area contributed by atoms with Gasteiger partial charge in [-0.25, -0.2) is 14.4 Å². The van der Waals surface area contributed by atoms with Crippen LogP contribution in [-0.4, -0.2) is 34.2 Å². The summed E-state index contributed by atoms with van der Waals surface area (Å²) in [5.41, 5.74) is -1.27. The molecule has 0 heterocycles. The monoisotopic (exact) mass is 252 g/mol. The number of esters is 1. The van der Waals surface area contributed by atoms with Crippen molar-refractivity contribution in [2.75, 3.05) is 0 Å². The highest BCUT2D eigenvalue weighted by molar-refractivity contribution is 6.09. The van der Waals surface area contributed by atoms with Crippen molar-refractivity contribution in [3.05, 3.63) is 34.9 Å². The van der Waals surface area contributed by atoms with Crippen LogP contribution in [0, 0.1) is 0 Å². The van der Waals surface area contributed by atoms with Crippen LogP contribution in [0.1, 0.15) is 44.9 Å². The lowest BCUT2D eigenvalue weighted by Crippen LogP contribution is -2.18. The first kappa shape index (κ1) is 13.7. The lowest BCUT2D eigenvalue weighted by Gasteiger charge is -2.11. The van der Waals surface area contributed by atoms with Crippen molar-refractivity contribution >= 4 is 17.9 Å². The molecular formula is C12H12O6. The van der Waals surface area contributed by atoms with Crippen molar-refractivity contribution in [1.82, 2.24) is 0 Å². The predicted octanol–water partition coefficient (Wildman–Crippen LogP) is 1.65. The Labute approximate surface area is 103 Å². The van der Waals surface area contributed by atoms with Gasteiger partial charge in [-0.2, -0.15) is 0 Å². The quantitative estimate of drug-likeness (QED) is 0.790. The van der Waals surface area contributed by atoms with E-state index in [1.54, 1.807) is 13.8 Å². The molecule has 1 aromatic carbocycles. The Morgan fingerprint density at radius 3 is 2.06 bits per heavy atom. The van der Waals surface area contributed by atoms with Gasteiger partial charge in [-0.1, -0.05) is 6.07 Å². The molecule has 6 nitrogen and oxygen atoms in total. The zero-order valence-electron chi connectivity index (χ0n) is 9.84. The first-order valence-corrected chi connectivity index (χ1v) is 5.15. The van der Waals surface area contributed by atoms with Crippen molar-refractivity contribution in [1.29, 1.82) is 0 Å². The van der Waals surface area contributed by atoms with Gasteiger partial charge in [0.2, 0.25) is 0 Å². The molecule has 96 valence electrons. The molecule has 0 unspecified atom stereocenters. The van der Waals surface area contributed by atoms with Crippen LogP contribution in [0.4, 0.5) is 0 Å². The minimum atomic E-state index is -1.48. The molecule has 0 aliphatic rings. The fraction of sp³-hybridized carbons (Fsp3) is 0.250. The number of carboxylic acid groups (broad SMARTS) is 2. The topological polar surface area (TPSA) is 101 Å². The van der Waals surface area contributed by atoms with Gasteiger partial charge >= 0.3 is 17.9 Å². The Morgan fingerprint density at radius 1 is 1.06 bits per heavy atom. The summed E-state index contributed by atoms with van der Waals surface area (Å²) >= 11 is 0. The highest BCUT2D eigenvalue weighted by Gasteiger charge is 2.24. The number of benzene rings is 1. The van der Waals surface area contributed by atoms with Gasteiger partial charge in [-0.15, -0.1) is 0 Å². The van der Waals surface area contributed by atoms with Gasteiger partial charge in [0.15, 0.2) is 0 Å². The second kappa shape index (κ2) is 5.31. The van der Waals surface area contributed by atoms with Crippen LogP contribution in [0.3, 0.4) is 0 Å². The summed E-state index contributed by atoms with van der Waals surface area (Å²) in [6.07, 6.45) is -0.423. The van der Waals surface area contributed by atoms with Crippen LogP contribution < -0.4 is 0 Å². The third-order valence-corrected chi connectivity index (χ3v) is 2.07. The van der Waals surface area contributed by atoms with E-state index in [1.807, 2.05) is 0 Å². The predicted molar refractivity (Wildman–Crippen MR) is 60.9 cm³/mol. The van der Waals surface area contributed by atoms with Gasteiger partial charge in [0.05, 0.1) is 22.8 Å². The van der Waals surface area contributed by atoms with Crippen molar-refractivity contribution in [2.45, 2.75) is 20.0 Å². The molecule has 1 rings (SSSR count). The number of carbonyl (C=O) groups excluding carboxylic acids is 1. The van der Waals surface area contributed by atoms with E-state index >= 15 is 0 Å². The van der Waals surface area contributed by atoms with E-state index in [1.165, 1.54) is 12.1 Å². The maximum Gasteiger partial charge on any atom is 0.339 e. The third-order valence-electron chi connectivity index (χ3n) is 2.07. The molecule has 0 aromatic heterocycles. The van der Waals surface area contributed by atoms with Gasteiger partial charge in [0, 0.05) is 0 Å². The summed E-state index contributed by atoms with van der Waals surface area (Å²) < 4.78 is 4.87. The number of ether oxygens (including phenoxy) is 1. The van der Waals surface area contributed by atoms with Crippen molar-refractivity contribution in [2.24, 2.45) is 0 Å². The lowest BCUT2D eigenvalue weighted by molar-refractivity contribution is 0.0371. The van der Waals surface area contributed by atoms with Crippen LogP contribution in [0.25, 0.3) is 0 Å². The zero-order chi connectivity index (χ0) is 13.9. The van der Waals surface area contributed by atoms with Crippen molar-refractivity contribution in [3.63, 3.8) is 0 Å². The van der Waals surface area contributed by atoms with Gasteiger partial charge < -0.3 is 14.9 Å². The molecule has 0 atom stereocenters. The largest absolute Gasteiger partial charge is 0.478 e. The summed E-state index contributed by atoms with van der Waals surface area (Å²) in [5, 5.41) is 17.9. The summed E-state index contributed by atoms with van der Waals surface area (Å²) in [4.78, 5) is 33.7. The number of hydrogen-bond acceptors (Lipinski definition) is 4. The molecule has 2 N–H and O–H groups in total. The number of rotatable bonds is 4. The van der Waals surface area contributed by atoms with Crippen molar-refractivity contribution in [3.8, 4) is 0 Å². The number of carboxylic acids is 2. The number of carbonyl (C=O) groups is 3. The first-order chi connectivity index (χ1) is 8.34. The lowest BCUT2D eigenvalue weighted by atomic mass is 10.0. The number of aromatic carboxylic acids is 2. The summed E-state index contributed by atoms with van der Waals surface area (Å²) in [7, 11) is 0. The Bertz CT molecular complexity index is 503. The summed E-state index contributed by atoms with van der Waals surface area (Å²) in [6, 6.07) is 3.64. The summed E-state index contributed by atoms with van der Waals surface area (Å²) in [6.45, 7) is 3.22. The Morgan fingerprint density at radius 2 is 1.61 bits per heavy atom. The molecule has 0 amide bonds. The van der Waals surface area contributed by atoms with Gasteiger partial charge in [0.25, 0.3) is 0 Å². The maximum absolute atomic E-state index is 11.7. The molecule has 6 heteroatoms. The maximum atomic E-state index is 11.7. The van der Waals surface area contributed by atoms with Crippen molar-refractivity contribution < 1.29 is 29.3 Å². The second-order valence-electron chi connectivity index (χ2n) is 3.79. The van der Waals surface area contributed by atoms with Crippen LogP contribution in [0.2, 0.25) is 0 Å². The van der Waals surface area contributed by atoms with Crippen LogP contribution in [0.15, 0.2) is 18.2 Å². The highest BCUT2D eigenvalue weighted by atomic mass is 16.5. The molecule has 0 saturated heterocycles. The second-order valence-corrected chi connectivity index (χ2v) is 3.79. The Hall–Kier alpha value is -2.37. The fourth-order valence-electron chi connectivity index (χ4n) is 1.41. The van der Waals surface area contributed by atoms with E-state index in [2.05, 4.69) is 0 Å². The Balaban J connectivity index is 3.36. The van der Waals surface area contributed by atoms with E-state index in [0.29, 0.717) is 0 Å². The molecule has 1 aromatic rings. The molecule has 0 spiro atoms. The van der Waals surface area contributed by atoms with E-state index in [-0.39, 0.29) is 5.56 Å². The van der Waals surface area contributed by atoms with Gasteiger partial charge in [-0.05, 0) is 26.0 Å². The SMILES string of the molecule is CC(C)OC(=O)c1cccc(C(=O)O)c1C(=O)O. The first-order valence-electron chi connectivity index (χ1n) is 5.15. The average molecular weight is 252 g/mol. The molecule has 0 saturated carbocycles. The average Bonchev–Trinajstić information content (AvgIpc) is 2.26. The molecule has 0 radical (unpaired) electrons. The van der Waals surface area contributed by atoms with E-state index < -0.39 is 35.1 Å². The smallest absolute Gasteiger partial charge is 0.339 e. The van der Waals surface area contributed by atoms with E-state index in [4.69, 9.17) is 14.9 Å².